The molecule has 1 N–H and O–H groups in total. The minimum Gasteiger partial charge on any atom is -0.286 e. The summed E-state index contributed by atoms with van der Waals surface area (Å²) in [4.78, 5) is 0. The lowest BCUT2D eigenvalue weighted by atomic mass is 10.4. The van der Waals surface area contributed by atoms with Crippen LogP contribution in [0.25, 0.3) is 0 Å². The molecule has 0 aliphatic heterocycles. The molecule has 0 aromatic carbocycles. The molecular weight excluding hydrogens is 140 g/mol. The SMILES string of the molecule is C.CCCCS(=O)(=O)O. The zero-order chi connectivity index (χ0) is 6.62. The molecule has 3 nitrogen and oxygen atoms in total. The second-order valence-electron chi connectivity index (χ2n) is 1.64. The van der Waals surface area contributed by atoms with Crippen molar-refractivity contribution in [2.45, 2.75) is 27.2 Å². The Balaban J connectivity index is 0. The van der Waals surface area contributed by atoms with Gasteiger partial charge in [0.2, 0.25) is 0 Å². The molecule has 0 spiro atoms. The normalized spacial score (nSPS) is 10.4. The van der Waals surface area contributed by atoms with Gasteiger partial charge in [-0.1, -0.05) is 20.8 Å². The quantitative estimate of drug-likeness (QED) is 0.623. The van der Waals surface area contributed by atoms with Gasteiger partial charge in [0.15, 0.2) is 0 Å². The first-order chi connectivity index (χ1) is 3.56. The van der Waals surface area contributed by atoms with Crippen molar-refractivity contribution >= 4 is 10.1 Å². The highest BCUT2D eigenvalue weighted by Gasteiger charge is 2.00. The van der Waals surface area contributed by atoms with Crippen molar-refractivity contribution in [1.82, 2.24) is 0 Å². The lowest BCUT2D eigenvalue weighted by Gasteiger charge is -1.90. The van der Waals surface area contributed by atoms with Crippen molar-refractivity contribution in [3.05, 3.63) is 0 Å². The van der Waals surface area contributed by atoms with E-state index in [2.05, 4.69) is 0 Å². The van der Waals surface area contributed by atoms with Crippen LogP contribution >= 0.6 is 0 Å². The van der Waals surface area contributed by atoms with Crippen molar-refractivity contribution in [3.63, 3.8) is 0 Å². The Morgan fingerprint density at radius 2 is 1.89 bits per heavy atom. The van der Waals surface area contributed by atoms with E-state index < -0.39 is 10.1 Å². The van der Waals surface area contributed by atoms with Crippen LogP contribution in [0, 0.1) is 0 Å². The lowest BCUT2D eigenvalue weighted by Crippen LogP contribution is -2.02. The van der Waals surface area contributed by atoms with Gasteiger partial charge in [-0.25, -0.2) is 0 Å². The van der Waals surface area contributed by atoms with Crippen LogP contribution in [0.1, 0.15) is 27.2 Å². The van der Waals surface area contributed by atoms with E-state index in [9.17, 15) is 8.42 Å². The smallest absolute Gasteiger partial charge is 0.264 e. The Morgan fingerprint density at radius 3 is 2.00 bits per heavy atom. The fourth-order valence-corrected chi connectivity index (χ4v) is 0.980. The molecule has 0 unspecified atom stereocenters. The van der Waals surface area contributed by atoms with E-state index in [0.717, 1.165) is 6.42 Å². The maximum atomic E-state index is 9.95. The average Bonchev–Trinajstić information content (AvgIpc) is 1.59. The van der Waals surface area contributed by atoms with Crippen molar-refractivity contribution in [2.24, 2.45) is 0 Å². The summed E-state index contributed by atoms with van der Waals surface area (Å²) in [7, 11) is -3.69. The molecular formula is C5H14O3S. The molecule has 0 heterocycles. The number of rotatable bonds is 3. The first-order valence-electron chi connectivity index (χ1n) is 2.51. The molecule has 0 aromatic rings. The van der Waals surface area contributed by atoms with Crippen molar-refractivity contribution in [1.29, 1.82) is 0 Å². The van der Waals surface area contributed by atoms with E-state index in [1.165, 1.54) is 0 Å². The standard InChI is InChI=1S/C4H10O3S.CH4/c1-2-3-4-8(5,6)7;/h2-4H2,1H3,(H,5,6,7);1H4. The third-order valence-electron chi connectivity index (χ3n) is 0.756. The molecule has 0 bridgehead atoms. The highest BCUT2D eigenvalue weighted by molar-refractivity contribution is 7.85. The topological polar surface area (TPSA) is 54.4 Å². The van der Waals surface area contributed by atoms with Crippen molar-refractivity contribution < 1.29 is 13.0 Å². The minimum atomic E-state index is -3.69. The Kier molecular flexibility index (Phi) is 6.17. The molecule has 0 amide bonds. The third-order valence-corrected chi connectivity index (χ3v) is 1.56. The van der Waals surface area contributed by atoms with Crippen LogP contribution in [-0.4, -0.2) is 18.7 Å². The van der Waals surface area contributed by atoms with Crippen LogP contribution in [0.4, 0.5) is 0 Å². The Bertz CT molecular complexity index is 136. The molecule has 0 fully saturated rings. The predicted octanol–water partition coefficient (Wildman–Crippen LogP) is 1.31. The largest absolute Gasteiger partial charge is 0.286 e. The summed E-state index contributed by atoms with van der Waals surface area (Å²) in [5.41, 5.74) is 0. The first kappa shape index (κ1) is 11.7. The van der Waals surface area contributed by atoms with Crippen LogP contribution in [0.2, 0.25) is 0 Å². The molecule has 0 aliphatic rings. The molecule has 0 aromatic heterocycles. The summed E-state index contributed by atoms with van der Waals surface area (Å²) in [5.74, 6) is -0.108. The van der Waals surface area contributed by atoms with Crippen LogP contribution in [0.5, 0.6) is 0 Å². The Labute approximate surface area is 56.8 Å². The van der Waals surface area contributed by atoms with Gasteiger partial charge in [-0.15, -0.1) is 0 Å². The van der Waals surface area contributed by atoms with E-state index in [1.54, 1.807) is 0 Å². The van der Waals surface area contributed by atoms with Crippen LogP contribution in [0.15, 0.2) is 0 Å². The molecule has 0 saturated heterocycles. The molecule has 0 rings (SSSR count). The molecule has 0 atom stereocenters. The Hall–Kier alpha value is -0.0900. The van der Waals surface area contributed by atoms with Gasteiger partial charge in [-0.2, -0.15) is 8.42 Å². The van der Waals surface area contributed by atoms with Gasteiger partial charge in [0, 0.05) is 0 Å². The number of hydrogen-bond donors (Lipinski definition) is 1. The van der Waals surface area contributed by atoms with Gasteiger partial charge in [0.25, 0.3) is 10.1 Å². The monoisotopic (exact) mass is 154 g/mol. The van der Waals surface area contributed by atoms with E-state index in [1.807, 2.05) is 6.92 Å². The van der Waals surface area contributed by atoms with E-state index in [-0.39, 0.29) is 13.2 Å². The van der Waals surface area contributed by atoms with Crippen LogP contribution < -0.4 is 0 Å². The fraction of sp³-hybridized carbons (Fsp3) is 1.00. The summed E-state index contributed by atoms with van der Waals surface area (Å²) in [6.45, 7) is 1.87. The molecule has 0 radical (unpaired) electrons. The summed E-state index contributed by atoms with van der Waals surface area (Å²) < 4.78 is 28.0. The van der Waals surface area contributed by atoms with E-state index >= 15 is 0 Å². The van der Waals surface area contributed by atoms with Gasteiger partial charge >= 0.3 is 0 Å². The average molecular weight is 154 g/mol. The number of unbranched alkanes of at least 4 members (excludes halogenated alkanes) is 1. The highest BCUT2D eigenvalue weighted by Crippen LogP contribution is 1.90. The molecule has 0 aliphatic carbocycles. The third kappa shape index (κ3) is 11.5. The second-order valence-corrected chi connectivity index (χ2v) is 3.21. The lowest BCUT2D eigenvalue weighted by molar-refractivity contribution is 0.480. The second kappa shape index (κ2) is 4.76. The molecule has 0 saturated carbocycles. The first-order valence-corrected chi connectivity index (χ1v) is 4.12. The van der Waals surface area contributed by atoms with Crippen LogP contribution in [-0.2, 0) is 10.1 Å². The highest BCUT2D eigenvalue weighted by atomic mass is 32.2. The summed E-state index contributed by atoms with van der Waals surface area (Å²) >= 11 is 0. The molecule has 58 valence electrons. The van der Waals surface area contributed by atoms with Crippen molar-refractivity contribution in [3.8, 4) is 0 Å². The molecule has 9 heavy (non-hydrogen) atoms. The summed E-state index contributed by atoms with van der Waals surface area (Å²) in [6, 6.07) is 0. The molecule has 4 heteroatoms. The van der Waals surface area contributed by atoms with Crippen LogP contribution in [0.3, 0.4) is 0 Å². The maximum absolute atomic E-state index is 9.95. The number of hydrogen-bond acceptors (Lipinski definition) is 2. The summed E-state index contributed by atoms with van der Waals surface area (Å²) in [6.07, 6.45) is 1.33. The fourth-order valence-electron chi connectivity index (χ4n) is 0.327. The zero-order valence-electron chi connectivity index (χ0n) is 4.79. The Morgan fingerprint density at radius 1 is 1.44 bits per heavy atom. The van der Waals surface area contributed by atoms with Gasteiger partial charge in [-0.3, -0.25) is 4.55 Å². The maximum Gasteiger partial charge on any atom is 0.264 e. The van der Waals surface area contributed by atoms with Gasteiger partial charge in [-0.05, 0) is 6.42 Å². The van der Waals surface area contributed by atoms with Crippen molar-refractivity contribution in [2.75, 3.05) is 5.75 Å². The predicted molar refractivity (Wildman–Crippen MR) is 38.1 cm³/mol. The van der Waals surface area contributed by atoms with Gasteiger partial charge < -0.3 is 0 Å². The van der Waals surface area contributed by atoms with Gasteiger partial charge in [0.1, 0.15) is 0 Å². The van der Waals surface area contributed by atoms with E-state index in [4.69, 9.17) is 4.55 Å². The van der Waals surface area contributed by atoms with E-state index in [0.29, 0.717) is 6.42 Å². The van der Waals surface area contributed by atoms with Gasteiger partial charge in [0.05, 0.1) is 5.75 Å². The zero-order valence-corrected chi connectivity index (χ0v) is 5.61. The summed E-state index contributed by atoms with van der Waals surface area (Å²) in [5, 5.41) is 0. The minimum absolute atomic E-state index is 0.